The molecular weight excluding hydrogens is 376 g/mol. The van der Waals surface area contributed by atoms with Crippen molar-refractivity contribution in [1.29, 1.82) is 0 Å². The standard InChI is InChI=1S/C20H18N4O5/c1-29-18-7-6-13(24(27)28)10-12(18)11-17(19(21)25)23-20(26)15-8-9-22-16-5-3-2-4-14(15)16/h2-10,17H,11H2,1H3,(H2,21,25)(H,23,26)/t17-/m1/s1. The molecule has 0 fully saturated rings. The number of carbonyl (C=O) groups excluding carboxylic acids is 2. The SMILES string of the molecule is COc1ccc([N+](=O)[O-])cc1C[C@@H](NC(=O)c1ccnc2ccccc12)C(N)=O. The summed E-state index contributed by atoms with van der Waals surface area (Å²) < 4.78 is 5.21. The smallest absolute Gasteiger partial charge is 0.269 e. The number of aromatic nitrogens is 1. The number of fused-ring (bicyclic) bond motifs is 1. The van der Waals surface area contributed by atoms with E-state index in [1.165, 1.54) is 31.5 Å². The Morgan fingerprint density at radius 3 is 2.69 bits per heavy atom. The highest BCUT2D eigenvalue weighted by Crippen LogP contribution is 2.25. The lowest BCUT2D eigenvalue weighted by Gasteiger charge is -2.17. The maximum Gasteiger partial charge on any atom is 0.269 e. The monoisotopic (exact) mass is 394 g/mol. The molecule has 3 rings (SSSR count). The first-order chi connectivity index (χ1) is 13.9. The van der Waals surface area contributed by atoms with Gasteiger partial charge in [0.05, 0.1) is 23.1 Å². The van der Waals surface area contributed by atoms with Gasteiger partial charge >= 0.3 is 0 Å². The number of amides is 2. The molecule has 2 aromatic carbocycles. The number of rotatable bonds is 7. The van der Waals surface area contributed by atoms with Crippen molar-refractivity contribution in [3.63, 3.8) is 0 Å². The van der Waals surface area contributed by atoms with Gasteiger partial charge in [0.2, 0.25) is 5.91 Å². The third kappa shape index (κ3) is 4.29. The van der Waals surface area contributed by atoms with Gasteiger partial charge in [-0.3, -0.25) is 24.7 Å². The van der Waals surface area contributed by atoms with Gasteiger partial charge in [-0.1, -0.05) is 18.2 Å². The van der Waals surface area contributed by atoms with Crippen LogP contribution in [0.3, 0.4) is 0 Å². The van der Waals surface area contributed by atoms with E-state index in [1.807, 2.05) is 0 Å². The fourth-order valence-electron chi connectivity index (χ4n) is 3.01. The number of para-hydroxylation sites is 1. The van der Waals surface area contributed by atoms with Crippen LogP contribution in [0.25, 0.3) is 10.9 Å². The summed E-state index contributed by atoms with van der Waals surface area (Å²) in [7, 11) is 1.41. The van der Waals surface area contributed by atoms with Gasteiger partial charge in [-0.25, -0.2) is 0 Å². The summed E-state index contributed by atoms with van der Waals surface area (Å²) in [6, 6.07) is 11.6. The van der Waals surface area contributed by atoms with E-state index in [0.717, 1.165) is 0 Å². The fourth-order valence-corrected chi connectivity index (χ4v) is 3.01. The summed E-state index contributed by atoms with van der Waals surface area (Å²) in [4.78, 5) is 39.5. The lowest BCUT2D eigenvalue weighted by molar-refractivity contribution is -0.384. The lowest BCUT2D eigenvalue weighted by atomic mass is 10.0. The molecule has 3 aromatic rings. The summed E-state index contributed by atoms with van der Waals surface area (Å²) in [5.74, 6) is -0.924. The second-order valence-corrected chi connectivity index (χ2v) is 6.26. The highest BCUT2D eigenvalue weighted by Gasteiger charge is 2.23. The molecular formula is C20H18N4O5. The van der Waals surface area contributed by atoms with Crippen LogP contribution in [0.5, 0.6) is 5.75 Å². The molecule has 0 saturated carbocycles. The van der Waals surface area contributed by atoms with Crippen LogP contribution in [-0.4, -0.2) is 34.9 Å². The minimum Gasteiger partial charge on any atom is -0.496 e. The van der Waals surface area contributed by atoms with E-state index in [4.69, 9.17) is 10.5 Å². The largest absolute Gasteiger partial charge is 0.496 e. The molecule has 0 radical (unpaired) electrons. The molecule has 0 saturated heterocycles. The van der Waals surface area contributed by atoms with Crippen LogP contribution in [0.15, 0.2) is 54.7 Å². The van der Waals surface area contributed by atoms with Gasteiger partial charge in [0.25, 0.3) is 11.6 Å². The maximum absolute atomic E-state index is 12.8. The zero-order valence-corrected chi connectivity index (χ0v) is 15.5. The number of nitro benzene ring substituents is 1. The molecule has 0 aliphatic heterocycles. The van der Waals surface area contributed by atoms with Crippen molar-refractivity contribution in [3.05, 3.63) is 76.0 Å². The number of hydrogen-bond acceptors (Lipinski definition) is 6. The minimum absolute atomic E-state index is 0.0606. The number of primary amides is 1. The van der Waals surface area contributed by atoms with Crippen LogP contribution < -0.4 is 15.8 Å². The Bertz CT molecular complexity index is 1090. The van der Waals surface area contributed by atoms with Crippen LogP contribution in [0.1, 0.15) is 15.9 Å². The molecule has 1 atom stereocenters. The first-order valence-corrected chi connectivity index (χ1v) is 8.66. The number of nitro groups is 1. The number of nitrogens with zero attached hydrogens (tertiary/aromatic N) is 2. The molecule has 0 aliphatic rings. The van der Waals surface area contributed by atoms with E-state index in [-0.39, 0.29) is 12.1 Å². The average Bonchev–Trinajstić information content (AvgIpc) is 2.72. The van der Waals surface area contributed by atoms with Crippen LogP contribution in [0, 0.1) is 10.1 Å². The van der Waals surface area contributed by atoms with Crippen molar-refractivity contribution >= 4 is 28.4 Å². The van der Waals surface area contributed by atoms with Crippen LogP contribution in [0.2, 0.25) is 0 Å². The number of pyridine rings is 1. The third-order valence-electron chi connectivity index (χ3n) is 4.44. The van der Waals surface area contributed by atoms with Crippen LogP contribution in [-0.2, 0) is 11.2 Å². The highest BCUT2D eigenvalue weighted by molar-refractivity contribution is 6.07. The normalized spacial score (nSPS) is 11.6. The van der Waals surface area contributed by atoms with Crippen molar-refractivity contribution in [1.82, 2.24) is 10.3 Å². The summed E-state index contributed by atoms with van der Waals surface area (Å²) in [6.07, 6.45) is 1.44. The van der Waals surface area contributed by atoms with Crippen molar-refractivity contribution in [2.75, 3.05) is 7.11 Å². The van der Waals surface area contributed by atoms with E-state index >= 15 is 0 Å². The molecule has 1 aromatic heterocycles. The Kier molecular flexibility index (Phi) is 5.68. The minimum atomic E-state index is -1.09. The number of nitrogens with two attached hydrogens (primary N) is 1. The van der Waals surface area contributed by atoms with Gasteiger partial charge in [-0.2, -0.15) is 0 Å². The Morgan fingerprint density at radius 2 is 2.00 bits per heavy atom. The Labute approximate surface area is 165 Å². The van der Waals surface area contributed by atoms with Gasteiger partial charge in [-0.05, 0) is 18.2 Å². The number of hydrogen-bond donors (Lipinski definition) is 2. The van der Waals surface area contributed by atoms with Gasteiger partial charge < -0.3 is 15.8 Å². The predicted octanol–water partition coefficient (Wildman–Crippen LogP) is 1.98. The highest BCUT2D eigenvalue weighted by atomic mass is 16.6. The molecule has 148 valence electrons. The molecule has 0 unspecified atom stereocenters. The number of ether oxygens (including phenoxy) is 1. The van der Waals surface area contributed by atoms with E-state index in [0.29, 0.717) is 27.8 Å². The molecule has 1 heterocycles. The summed E-state index contributed by atoms with van der Waals surface area (Å²) >= 11 is 0. The molecule has 0 aliphatic carbocycles. The second kappa shape index (κ2) is 8.34. The molecule has 9 heteroatoms. The van der Waals surface area contributed by atoms with Crippen molar-refractivity contribution in [2.24, 2.45) is 5.73 Å². The summed E-state index contributed by atoms with van der Waals surface area (Å²) in [5.41, 5.74) is 6.67. The van der Waals surface area contributed by atoms with Crippen molar-refractivity contribution in [2.45, 2.75) is 12.5 Å². The van der Waals surface area contributed by atoms with Crippen molar-refractivity contribution in [3.8, 4) is 5.75 Å². The molecule has 3 N–H and O–H groups in total. The molecule has 0 spiro atoms. The van der Waals surface area contributed by atoms with E-state index in [2.05, 4.69) is 10.3 Å². The fraction of sp³-hybridized carbons (Fsp3) is 0.150. The molecule has 29 heavy (non-hydrogen) atoms. The quantitative estimate of drug-likeness (QED) is 0.464. The number of methoxy groups -OCH3 is 1. The Balaban J connectivity index is 1.89. The average molecular weight is 394 g/mol. The lowest BCUT2D eigenvalue weighted by Crippen LogP contribution is -2.46. The van der Waals surface area contributed by atoms with E-state index < -0.39 is 22.8 Å². The molecule has 9 nitrogen and oxygen atoms in total. The summed E-state index contributed by atoms with van der Waals surface area (Å²) in [5, 5.41) is 14.3. The van der Waals surface area contributed by atoms with Crippen LogP contribution >= 0.6 is 0 Å². The van der Waals surface area contributed by atoms with Gasteiger partial charge in [0, 0.05) is 35.7 Å². The maximum atomic E-state index is 12.8. The Morgan fingerprint density at radius 1 is 1.24 bits per heavy atom. The Hall–Kier alpha value is -4.01. The van der Waals surface area contributed by atoms with Gasteiger partial charge in [0.1, 0.15) is 11.8 Å². The first-order valence-electron chi connectivity index (χ1n) is 8.66. The molecule has 0 bridgehead atoms. The zero-order valence-electron chi connectivity index (χ0n) is 15.5. The number of nitrogens with one attached hydrogen (secondary N) is 1. The number of non-ortho nitro benzene ring substituents is 1. The van der Waals surface area contributed by atoms with E-state index in [1.54, 1.807) is 30.3 Å². The second-order valence-electron chi connectivity index (χ2n) is 6.26. The summed E-state index contributed by atoms with van der Waals surface area (Å²) in [6.45, 7) is 0. The van der Waals surface area contributed by atoms with Crippen molar-refractivity contribution < 1.29 is 19.2 Å². The van der Waals surface area contributed by atoms with Crippen LogP contribution in [0.4, 0.5) is 5.69 Å². The van der Waals surface area contributed by atoms with E-state index in [9.17, 15) is 19.7 Å². The van der Waals surface area contributed by atoms with Gasteiger partial charge in [-0.15, -0.1) is 0 Å². The number of carbonyl (C=O) groups is 2. The number of benzene rings is 2. The zero-order chi connectivity index (χ0) is 21.0. The third-order valence-corrected chi connectivity index (χ3v) is 4.44. The topological polar surface area (TPSA) is 137 Å². The molecule has 2 amide bonds. The first kappa shape index (κ1) is 19.7. The van der Waals surface area contributed by atoms with Gasteiger partial charge in [0.15, 0.2) is 0 Å². The predicted molar refractivity (Wildman–Crippen MR) is 106 cm³/mol.